The number of nitrogens with one attached hydrogen (secondary N) is 2. The third kappa shape index (κ3) is 3.82. The molecule has 2 nitrogen and oxygen atoms in total. The summed E-state index contributed by atoms with van der Waals surface area (Å²) in [4.78, 5) is 0. The van der Waals surface area contributed by atoms with E-state index in [1.54, 1.807) is 6.07 Å². The Morgan fingerprint density at radius 1 is 1.24 bits per heavy atom. The fraction of sp³-hybridized carbons (Fsp3) is 0.562. The van der Waals surface area contributed by atoms with Gasteiger partial charge >= 0.3 is 0 Å². The van der Waals surface area contributed by atoms with Crippen LogP contribution in [-0.2, 0) is 6.42 Å². The molecule has 0 aliphatic heterocycles. The second-order valence-electron chi connectivity index (χ2n) is 6.17. The van der Waals surface area contributed by atoms with Crippen LogP contribution < -0.4 is 10.6 Å². The lowest BCUT2D eigenvalue weighted by Crippen LogP contribution is -2.44. The molecule has 1 aromatic rings. The fourth-order valence-corrected chi connectivity index (χ4v) is 4.43. The van der Waals surface area contributed by atoms with Crippen LogP contribution in [0.1, 0.15) is 31.2 Å². The molecule has 114 valence electrons. The van der Waals surface area contributed by atoms with Crippen LogP contribution in [0.4, 0.5) is 0 Å². The smallest absolute Gasteiger partial charge is 0.166 e. The van der Waals surface area contributed by atoms with E-state index in [9.17, 15) is 0 Å². The van der Waals surface area contributed by atoms with Crippen molar-refractivity contribution in [1.82, 2.24) is 10.6 Å². The summed E-state index contributed by atoms with van der Waals surface area (Å²) in [5.41, 5.74) is 1.09. The van der Waals surface area contributed by atoms with Crippen LogP contribution in [0.15, 0.2) is 18.2 Å². The summed E-state index contributed by atoms with van der Waals surface area (Å²) in [5, 5.41) is 8.94. The molecule has 0 saturated heterocycles. The molecule has 2 saturated carbocycles. The van der Waals surface area contributed by atoms with E-state index >= 15 is 0 Å². The molecule has 0 heterocycles. The van der Waals surface area contributed by atoms with E-state index < -0.39 is 0 Å². The maximum absolute atomic E-state index is 6.16. The Balaban J connectivity index is 1.42. The summed E-state index contributed by atoms with van der Waals surface area (Å²) in [6.07, 6.45) is 6.30. The molecule has 2 aliphatic carbocycles. The number of fused-ring (bicyclic) bond motifs is 2. The average Bonchev–Trinajstić information content (AvgIpc) is 3.03. The van der Waals surface area contributed by atoms with Crippen LogP contribution in [0, 0.1) is 11.8 Å². The first kappa shape index (κ1) is 15.4. The Labute approximate surface area is 141 Å². The standard InChI is InChI=1S/C16H20Cl2N2S/c17-13-4-3-11(14(18)9-13)5-6-19-16(21)20-15-8-10-1-2-12(15)7-10/h3-4,9-10,12,15H,1-2,5-8H2,(H2,19,20,21)/t10-,12-,15+/m1/s1. The van der Waals surface area contributed by atoms with Crippen molar-refractivity contribution >= 4 is 40.5 Å². The Morgan fingerprint density at radius 3 is 2.76 bits per heavy atom. The maximum atomic E-state index is 6.16. The molecule has 1 aromatic carbocycles. The number of thiocarbonyl (C=S) groups is 1. The summed E-state index contributed by atoms with van der Waals surface area (Å²) in [6.45, 7) is 0.786. The van der Waals surface area contributed by atoms with Crippen molar-refractivity contribution in [2.75, 3.05) is 6.54 Å². The van der Waals surface area contributed by atoms with Gasteiger partial charge in [-0.25, -0.2) is 0 Å². The highest BCUT2D eigenvalue weighted by Crippen LogP contribution is 2.44. The Hall–Kier alpha value is -0.510. The molecule has 3 rings (SSSR count). The Bertz CT molecular complexity index is 535. The van der Waals surface area contributed by atoms with E-state index in [1.807, 2.05) is 12.1 Å². The molecule has 2 fully saturated rings. The summed E-state index contributed by atoms with van der Waals surface area (Å²) < 4.78 is 0. The highest BCUT2D eigenvalue weighted by Gasteiger charge is 2.39. The second kappa shape index (κ2) is 6.72. The lowest BCUT2D eigenvalue weighted by molar-refractivity contribution is 0.389. The minimum absolute atomic E-state index is 0.586. The lowest BCUT2D eigenvalue weighted by atomic mass is 9.96. The Kier molecular flexibility index (Phi) is 4.92. The van der Waals surface area contributed by atoms with Gasteiger partial charge in [0.25, 0.3) is 0 Å². The monoisotopic (exact) mass is 342 g/mol. The summed E-state index contributed by atoms with van der Waals surface area (Å²) in [6, 6.07) is 6.21. The molecule has 0 spiro atoms. The predicted molar refractivity (Wildman–Crippen MR) is 93.1 cm³/mol. The highest BCUT2D eigenvalue weighted by molar-refractivity contribution is 7.80. The van der Waals surface area contributed by atoms with Crippen LogP contribution in [0.5, 0.6) is 0 Å². The number of rotatable bonds is 4. The minimum Gasteiger partial charge on any atom is -0.362 e. The molecule has 0 amide bonds. The van der Waals surface area contributed by atoms with Gasteiger partial charge in [-0.2, -0.15) is 0 Å². The molecule has 0 radical (unpaired) electrons. The van der Waals surface area contributed by atoms with Gasteiger partial charge < -0.3 is 10.6 Å². The van der Waals surface area contributed by atoms with E-state index in [-0.39, 0.29) is 0 Å². The summed E-state index contributed by atoms with van der Waals surface area (Å²) in [5.74, 6) is 1.77. The SMILES string of the molecule is S=C(NCCc1ccc(Cl)cc1Cl)N[C@H]1C[C@@H]2CC[C@@H]1C2. The molecule has 2 bridgehead atoms. The van der Waals surface area contributed by atoms with Crippen molar-refractivity contribution in [3.63, 3.8) is 0 Å². The maximum Gasteiger partial charge on any atom is 0.166 e. The summed E-state index contributed by atoms with van der Waals surface area (Å²) >= 11 is 17.5. The third-order valence-corrected chi connectivity index (χ3v) is 5.60. The van der Waals surface area contributed by atoms with Gasteiger partial charge in [-0.3, -0.25) is 0 Å². The van der Waals surface area contributed by atoms with Gasteiger partial charge in [0.15, 0.2) is 5.11 Å². The summed E-state index contributed by atoms with van der Waals surface area (Å²) in [7, 11) is 0. The van der Waals surface area contributed by atoms with Crippen LogP contribution >= 0.6 is 35.4 Å². The number of benzene rings is 1. The molecule has 21 heavy (non-hydrogen) atoms. The number of hydrogen-bond acceptors (Lipinski definition) is 1. The van der Waals surface area contributed by atoms with Gasteiger partial charge in [-0.05, 0) is 67.4 Å². The first-order valence-electron chi connectivity index (χ1n) is 7.60. The largest absolute Gasteiger partial charge is 0.362 e. The zero-order valence-corrected chi connectivity index (χ0v) is 14.2. The van der Waals surface area contributed by atoms with Crippen molar-refractivity contribution in [3.05, 3.63) is 33.8 Å². The average molecular weight is 343 g/mol. The van der Waals surface area contributed by atoms with E-state index in [1.165, 1.54) is 25.7 Å². The van der Waals surface area contributed by atoms with Crippen LogP contribution in [-0.4, -0.2) is 17.7 Å². The zero-order valence-electron chi connectivity index (χ0n) is 11.9. The molecule has 5 heteroatoms. The normalized spacial score (nSPS) is 26.9. The van der Waals surface area contributed by atoms with Crippen LogP contribution in [0.25, 0.3) is 0 Å². The highest BCUT2D eigenvalue weighted by atomic mass is 35.5. The lowest BCUT2D eigenvalue weighted by Gasteiger charge is -2.24. The van der Waals surface area contributed by atoms with Gasteiger partial charge in [-0.15, -0.1) is 0 Å². The van der Waals surface area contributed by atoms with E-state index in [0.717, 1.165) is 40.5 Å². The zero-order chi connectivity index (χ0) is 14.8. The number of halogens is 2. The molecular formula is C16H20Cl2N2S. The van der Waals surface area contributed by atoms with Gasteiger partial charge in [0, 0.05) is 22.6 Å². The molecule has 0 unspecified atom stereocenters. The van der Waals surface area contributed by atoms with Crippen molar-refractivity contribution in [2.45, 2.75) is 38.1 Å². The molecule has 2 N–H and O–H groups in total. The third-order valence-electron chi connectivity index (χ3n) is 4.75. The van der Waals surface area contributed by atoms with Crippen LogP contribution in [0.3, 0.4) is 0 Å². The Morgan fingerprint density at radius 2 is 2.10 bits per heavy atom. The first-order valence-corrected chi connectivity index (χ1v) is 8.76. The van der Waals surface area contributed by atoms with Crippen LogP contribution in [0.2, 0.25) is 10.0 Å². The second-order valence-corrected chi connectivity index (χ2v) is 7.42. The molecular weight excluding hydrogens is 323 g/mol. The van der Waals surface area contributed by atoms with Crippen molar-refractivity contribution in [1.29, 1.82) is 0 Å². The molecule has 0 aromatic heterocycles. The number of hydrogen-bond donors (Lipinski definition) is 2. The minimum atomic E-state index is 0.586. The van der Waals surface area contributed by atoms with E-state index in [0.29, 0.717) is 11.1 Å². The van der Waals surface area contributed by atoms with Gasteiger partial charge in [0.1, 0.15) is 0 Å². The van der Waals surface area contributed by atoms with Gasteiger partial charge in [0.05, 0.1) is 0 Å². The topological polar surface area (TPSA) is 24.1 Å². The quantitative estimate of drug-likeness (QED) is 0.802. The fourth-order valence-electron chi connectivity index (χ4n) is 3.68. The predicted octanol–water partition coefficient (Wildman–Crippen LogP) is 4.19. The van der Waals surface area contributed by atoms with Gasteiger partial charge in [-0.1, -0.05) is 35.7 Å². The first-order chi connectivity index (χ1) is 10.1. The molecule has 3 atom stereocenters. The van der Waals surface area contributed by atoms with E-state index in [4.69, 9.17) is 35.4 Å². The van der Waals surface area contributed by atoms with Crippen molar-refractivity contribution in [3.8, 4) is 0 Å². The van der Waals surface area contributed by atoms with Gasteiger partial charge in [0.2, 0.25) is 0 Å². The van der Waals surface area contributed by atoms with Crippen molar-refractivity contribution in [2.24, 2.45) is 11.8 Å². The van der Waals surface area contributed by atoms with E-state index in [2.05, 4.69) is 10.6 Å². The van der Waals surface area contributed by atoms with Crippen molar-refractivity contribution < 1.29 is 0 Å². The molecule has 2 aliphatic rings.